The topological polar surface area (TPSA) is 67.8 Å². The van der Waals surface area contributed by atoms with Crippen LogP contribution in [0.1, 0.15) is 62.2 Å². The van der Waals surface area contributed by atoms with E-state index in [1.807, 2.05) is 18.2 Å². The van der Waals surface area contributed by atoms with Crippen molar-refractivity contribution in [3.63, 3.8) is 0 Å². The Balaban J connectivity index is 2.02. The minimum absolute atomic E-state index is 0.0698. The smallest absolute Gasteiger partial charge is 0.309 e. The predicted molar refractivity (Wildman–Crippen MR) is 98.3 cm³/mol. The lowest BCUT2D eigenvalue weighted by Gasteiger charge is -2.18. The quantitative estimate of drug-likeness (QED) is 0.441. The van der Waals surface area contributed by atoms with Crippen LogP contribution in [0, 0.1) is 11.8 Å². The molecule has 1 saturated carbocycles. The van der Waals surface area contributed by atoms with Crippen molar-refractivity contribution in [3.8, 4) is 0 Å². The molecule has 2 unspecified atom stereocenters. The number of carbonyl (C=O) groups is 2. The van der Waals surface area contributed by atoms with Crippen molar-refractivity contribution in [2.24, 2.45) is 16.9 Å². The highest BCUT2D eigenvalue weighted by atomic mass is 16.5. The second kappa shape index (κ2) is 9.97. The Bertz CT molecular complexity index is 598. The molecule has 1 N–H and O–H groups in total. The summed E-state index contributed by atoms with van der Waals surface area (Å²) in [4.78, 5) is 24.2. The number of benzene rings is 1. The molecular weight excluding hydrogens is 316 g/mol. The summed E-state index contributed by atoms with van der Waals surface area (Å²) in [6.45, 7) is 2.18. The van der Waals surface area contributed by atoms with Gasteiger partial charge in [-0.25, -0.2) is 5.43 Å². The number of unbranched alkanes of at least 4 members (excludes halogenated alkanes) is 3. The van der Waals surface area contributed by atoms with Gasteiger partial charge in [0.25, 0.3) is 5.91 Å². The van der Waals surface area contributed by atoms with Gasteiger partial charge in [-0.3, -0.25) is 9.59 Å². The minimum Gasteiger partial charge on any atom is -0.469 e. The highest BCUT2D eigenvalue weighted by Crippen LogP contribution is 2.34. The van der Waals surface area contributed by atoms with Gasteiger partial charge < -0.3 is 4.74 Å². The lowest BCUT2D eigenvalue weighted by molar-refractivity contribution is -0.146. The van der Waals surface area contributed by atoms with Crippen molar-refractivity contribution in [1.82, 2.24) is 5.43 Å². The van der Waals surface area contributed by atoms with E-state index in [1.165, 1.54) is 20.0 Å². The molecule has 2 atom stereocenters. The van der Waals surface area contributed by atoms with Gasteiger partial charge in [0, 0.05) is 17.2 Å². The Labute approximate surface area is 149 Å². The van der Waals surface area contributed by atoms with Crippen molar-refractivity contribution < 1.29 is 14.3 Å². The molecular formula is C20H28N2O3. The fourth-order valence-electron chi connectivity index (χ4n) is 3.43. The average Bonchev–Trinajstić information content (AvgIpc) is 3.06. The molecule has 0 heterocycles. The van der Waals surface area contributed by atoms with E-state index in [9.17, 15) is 9.59 Å². The molecule has 0 radical (unpaired) electrons. The maximum atomic E-state index is 12.2. The van der Waals surface area contributed by atoms with Gasteiger partial charge >= 0.3 is 5.97 Å². The molecule has 0 saturated heterocycles. The number of hydrogen-bond acceptors (Lipinski definition) is 4. The summed E-state index contributed by atoms with van der Waals surface area (Å²) in [6, 6.07) is 9.02. The first-order valence-electron chi connectivity index (χ1n) is 9.17. The number of methoxy groups -OCH3 is 1. The van der Waals surface area contributed by atoms with Gasteiger partial charge in [0.2, 0.25) is 0 Å². The van der Waals surface area contributed by atoms with Crippen molar-refractivity contribution >= 4 is 17.6 Å². The SMILES string of the molecule is CCCCCCC1/C(=N\NC(=O)c2ccccc2)CCC1C(=O)OC. The summed E-state index contributed by atoms with van der Waals surface area (Å²) < 4.78 is 4.95. The van der Waals surface area contributed by atoms with E-state index in [4.69, 9.17) is 4.74 Å². The van der Waals surface area contributed by atoms with Gasteiger partial charge in [0.05, 0.1) is 13.0 Å². The maximum Gasteiger partial charge on any atom is 0.309 e. The highest BCUT2D eigenvalue weighted by Gasteiger charge is 2.38. The van der Waals surface area contributed by atoms with Crippen LogP contribution in [0.5, 0.6) is 0 Å². The largest absolute Gasteiger partial charge is 0.469 e. The van der Waals surface area contributed by atoms with Gasteiger partial charge in [-0.15, -0.1) is 0 Å². The first-order chi connectivity index (χ1) is 12.2. The predicted octanol–water partition coefficient (Wildman–Crippen LogP) is 3.94. The normalized spacial score (nSPS) is 21.3. The number of amides is 1. The summed E-state index contributed by atoms with van der Waals surface area (Å²) in [6.07, 6.45) is 6.99. The summed E-state index contributed by atoms with van der Waals surface area (Å²) in [7, 11) is 1.43. The Morgan fingerprint density at radius 1 is 1.20 bits per heavy atom. The number of hydrogen-bond donors (Lipinski definition) is 1. The maximum absolute atomic E-state index is 12.2. The molecule has 25 heavy (non-hydrogen) atoms. The zero-order chi connectivity index (χ0) is 18.1. The van der Waals surface area contributed by atoms with Gasteiger partial charge in [-0.1, -0.05) is 50.8 Å². The molecule has 2 rings (SSSR count). The Hall–Kier alpha value is -2.17. The van der Waals surface area contributed by atoms with E-state index >= 15 is 0 Å². The van der Waals surface area contributed by atoms with Crippen molar-refractivity contribution in [2.75, 3.05) is 7.11 Å². The second-order valence-electron chi connectivity index (χ2n) is 6.53. The van der Waals surface area contributed by atoms with Crippen LogP contribution in [-0.4, -0.2) is 24.7 Å². The fraction of sp³-hybridized carbons (Fsp3) is 0.550. The average molecular weight is 344 g/mol. The number of nitrogens with zero attached hydrogens (tertiary/aromatic N) is 1. The molecule has 0 bridgehead atoms. The van der Waals surface area contributed by atoms with Gasteiger partial charge in [0.1, 0.15) is 0 Å². The van der Waals surface area contributed by atoms with Crippen LogP contribution in [0.25, 0.3) is 0 Å². The van der Waals surface area contributed by atoms with E-state index in [2.05, 4.69) is 17.5 Å². The number of rotatable bonds is 8. The van der Waals surface area contributed by atoms with Crippen LogP contribution >= 0.6 is 0 Å². The van der Waals surface area contributed by atoms with Crippen LogP contribution in [0.2, 0.25) is 0 Å². The van der Waals surface area contributed by atoms with Crippen LogP contribution < -0.4 is 5.43 Å². The Morgan fingerprint density at radius 3 is 2.64 bits per heavy atom. The van der Waals surface area contributed by atoms with Gasteiger partial charge in [-0.05, 0) is 31.4 Å². The van der Waals surface area contributed by atoms with E-state index in [1.54, 1.807) is 12.1 Å². The van der Waals surface area contributed by atoms with Crippen LogP contribution in [-0.2, 0) is 9.53 Å². The highest BCUT2D eigenvalue weighted by molar-refractivity contribution is 5.97. The molecule has 1 fully saturated rings. The molecule has 1 amide bonds. The first kappa shape index (κ1) is 19.2. The number of nitrogens with one attached hydrogen (secondary N) is 1. The molecule has 0 aliphatic heterocycles. The lowest BCUT2D eigenvalue weighted by Crippen LogP contribution is -2.26. The zero-order valence-electron chi connectivity index (χ0n) is 15.2. The number of hydrazone groups is 1. The molecule has 1 aromatic rings. The number of ether oxygens (including phenoxy) is 1. The van der Waals surface area contributed by atoms with Gasteiger partial charge in [-0.2, -0.15) is 5.10 Å². The third-order valence-corrected chi connectivity index (χ3v) is 4.83. The van der Waals surface area contributed by atoms with Crippen molar-refractivity contribution in [3.05, 3.63) is 35.9 Å². The van der Waals surface area contributed by atoms with Crippen LogP contribution in [0.15, 0.2) is 35.4 Å². The third kappa shape index (κ3) is 5.41. The molecule has 1 aliphatic rings. The Morgan fingerprint density at radius 2 is 1.96 bits per heavy atom. The second-order valence-corrected chi connectivity index (χ2v) is 6.53. The van der Waals surface area contributed by atoms with Crippen molar-refractivity contribution in [2.45, 2.75) is 51.9 Å². The molecule has 5 nitrogen and oxygen atoms in total. The summed E-state index contributed by atoms with van der Waals surface area (Å²) in [5, 5.41) is 4.36. The summed E-state index contributed by atoms with van der Waals surface area (Å²) in [5.41, 5.74) is 4.14. The summed E-state index contributed by atoms with van der Waals surface area (Å²) in [5.74, 6) is -0.459. The van der Waals surface area contributed by atoms with Gasteiger partial charge in [0.15, 0.2) is 0 Å². The standard InChI is InChI=1S/C20H28N2O3/c1-3-4-5-9-12-16-17(20(24)25-2)13-14-18(16)21-22-19(23)15-10-7-6-8-11-15/h6-8,10-11,16-17H,3-5,9,12-14H2,1-2H3,(H,22,23)/b21-18-. The fourth-order valence-corrected chi connectivity index (χ4v) is 3.43. The molecule has 1 aliphatic carbocycles. The summed E-state index contributed by atoms with van der Waals surface area (Å²) >= 11 is 0. The molecule has 0 aromatic heterocycles. The first-order valence-corrected chi connectivity index (χ1v) is 9.17. The molecule has 0 spiro atoms. The zero-order valence-corrected chi connectivity index (χ0v) is 15.2. The number of carbonyl (C=O) groups excluding carboxylic acids is 2. The molecule has 1 aromatic carbocycles. The van der Waals surface area contributed by atoms with E-state index in [-0.39, 0.29) is 23.7 Å². The van der Waals surface area contributed by atoms with E-state index in [0.29, 0.717) is 5.56 Å². The van der Waals surface area contributed by atoms with E-state index in [0.717, 1.165) is 37.8 Å². The van der Waals surface area contributed by atoms with Crippen LogP contribution in [0.3, 0.4) is 0 Å². The lowest BCUT2D eigenvalue weighted by atomic mass is 9.89. The molecule has 136 valence electrons. The van der Waals surface area contributed by atoms with Crippen molar-refractivity contribution in [1.29, 1.82) is 0 Å². The third-order valence-electron chi connectivity index (χ3n) is 4.83. The Kier molecular flexibility index (Phi) is 7.64. The van der Waals surface area contributed by atoms with E-state index < -0.39 is 0 Å². The minimum atomic E-state index is -0.223. The monoisotopic (exact) mass is 344 g/mol. The molecule has 5 heteroatoms. The number of esters is 1. The van der Waals surface area contributed by atoms with Crippen LogP contribution in [0.4, 0.5) is 0 Å².